The fraction of sp³-hybridized carbons (Fsp3) is 0.200. The number of hydrogen-bond donors (Lipinski definition) is 1. The lowest BCUT2D eigenvalue weighted by atomic mass is 10.2. The maximum absolute atomic E-state index is 14.5. The molecule has 7 nitrogen and oxygen atoms in total. The molecule has 0 spiro atoms. The van der Waals surface area contributed by atoms with Crippen molar-refractivity contribution in [2.75, 3.05) is 0 Å². The second kappa shape index (κ2) is 8.28. The highest BCUT2D eigenvalue weighted by atomic mass is 35.5. The number of nitrogens with zero attached hydrogens (tertiary/aromatic N) is 3. The number of aromatic nitrogens is 3. The summed E-state index contributed by atoms with van der Waals surface area (Å²) in [6, 6.07) is 6.59. The van der Waals surface area contributed by atoms with Gasteiger partial charge in [0.25, 0.3) is 17.0 Å². The monoisotopic (exact) mass is 450 g/mol. The van der Waals surface area contributed by atoms with Crippen LogP contribution in [0.5, 0.6) is 11.5 Å². The van der Waals surface area contributed by atoms with Crippen LogP contribution in [0.2, 0.25) is 5.02 Å². The number of nitriles is 1. The van der Waals surface area contributed by atoms with Crippen LogP contribution in [0, 0.1) is 24.1 Å². The minimum absolute atomic E-state index is 0.104. The van der Waals surface area contributed by atoms with Crippen molar-refractivity contribution in [3.05, 3.63) is 84.7 Å². The maximum Gasteiger partial charge on any atom is 0.297 e. The third kappa shape index (κ3) is 4.62. The van der Waals surface area contributed by atoms with Gasteiger partial charge >= 0.3 is 0 Å². The molecular weight excluding hydrogens is 437 g/mol. The number of ether oxygens (including phenoxy) is 1. The molecule has 0 aliphatic rings. The number of aromatic amines is 1. The first-order valence-corrected chi connectivity index (χ1v) is 9.12. The highest BCUT2D eigenvalue weighted by Gasteiger charge is 2.34. The standard InChI is InChI=1S/C20H14ClF3N4O3/c1-10-3-4-11(18(29)27-10)8-28-9-26-17(20(2,23)24)16(19(28)30)31-14-6-13(21)5-12(7-25)15(14)22/h3-6,9H,8H2,1-2H3,(H,27,29). The lowest BCUT2D eigenvalue weighted by molar-refractivity contribution is 0.0100. The van der Waals surface area contributed by atoms with Gasteiger partial charge in [-0.05, 0) is 25.1 Å². The fourth-order valence-corrected chi connectivity index (χ4v) is 2.94. The van der Waals surface area contributed by atoms with Gasteiger partial charge in [0.15, 0.2) is 17.3 Å². The summed E-state index contributed by atoms with van der Waals surface area (Å²) >= 11 is 5.82. The molecule has 31 heavy (non-hydrogen) atoms. The van der Waals surface area contributed by atoms with E-state index in [1.165, 1.54) is 6.07 Å². The number of H-pyrrole nitrogens is 1. The first-order chi connectivity index (χ1) is 14.5. The number of rotatable bonds is 5. The summed E-state index contributed by atoms with van der Waals surface area (Å²) in [7, 11) is 0. The zero-order valence-corrected chi connectivity index (χ0v) is 16.9. The molecule has 0 saturated heterocycles. The van der Waals surface area contributed by atoms with E-state index in [1.54, 1.807) is 19.1 Å². The van der Waals surface area contributed by atoms with E-state index in [4.69, 9.17) is 21.6 Å². The smallest absolute Gasteiger partial charge is 0.297 e. The molecule has 11 heteroatoms. The largest absolute Gasteiger partial charge is 0.446 e. The predicted octanol–water partition coefficient (Wildman–Crippen LogP) is 3.86. The van der Waals surface area contributed by atoms with Crippen LogP contribution in [-0.4, -0.2) is 14.5 Å². The summed E-state index contributed by atoms with van der Waals surface area (Å²) in [6.07, 6.45) is 0.844. The van der Waals surface area contributed by atoms with E-state index in [0.29, 0.717) is 12.6 Å². The minimum Gasteiger partial charge on any atom is -0.446 e. The van der Waals surface area contributed by atoms with Crippen molar-refractivity contribution in [3.63, 3.8) is 0 Å². The summed E-state index contributed by atoms with van der Waals surface area (Å²) in [5.41, 5.74) is -2.33. The number of halogens is 4. The van der Waals surface area contributed by atoms with Crippen molar-refractivity contribution in [1.82, 2.24) is 14.5 Å². The Hall–Kier alpha value is -3.58. The van der Waals surface area contributed by atoms with Gasteiger partial charge in [-0.3, -0.25) is 14.2 Å². The van der Waals surface area contributed by atoms with Gasteiger partial charge in [0, 0.05) is 29.3 Å². The van der Waals surface area contributed by atoms with Crippen LogP contribution in [0.15, 0.2) is 40.2 Å². The van der Waals surface area contributed by atoms with E-state index in [9.17, 15) is 22.8 Å². The highest BCUT2D eigenvalue weighted by molar-refractivity contribution is 6.30. The molecule has 2 aromatic heterocycles. The lowest BCUT2D eigenvalue weighted by Gasteiger charge is -2.17. The summed E-state index contributed by atoms with van der Waals surface area (Å²) < 4.78 is 48.7. The van der Waals surface area contributed by atoms with Crippen molar-refractivity contribution in [1.29, 1.82) is 5.26 Å². The second-order valence-corrected chi connectivity index (χ2v) is 7.16. The van der Waals surface area contributed by atoms with Crippen LogP contribution in [0.25, 0.3) is 0 Å². The Bertz CT molecular complexity index is 1320. The zero-order valence-electron chi connectivity index (χ0n) is 16.2. The molecule has 0 bridgehead atoms. The molecule has 0 radical (unpaired) electrons. The van der Waals surface area contributed by atoms with Gasteiger partial charge < -0.3 is 9.72 Å². The van der Waals surface area contributed by atoms with E-state index in [2.05, 4.69) is 9.97 Å². The molecule has 3 rings (SSSR count). The average molecular weight is 451 g/mol. The van der Waals surface area contributed by atoms with E-state index in [1.807, 2.05) is 0 Å². The maximum atomic E-state index is 14.5. The molecular formula is C20H14ClF3N4O3. The Morgan fingerprint density at radius 2 is 2.03 bits per heavy atom. The molecule has 0 saturated carbocycles. The number of aryl methyl sites for hydroxylation is 1. The van der Waals surface area contributed by atoms with Gasteiger partial charge in [0.2, 0.25) is 5.75 Å². The Morgan fingerprint density at radius 3 is 2.65 bits per heavy atom. The molecule has 0 fully saturated rings. The van der Waals surface area contributed by atoms with Crippen LogP contribution in [0.1, 0.15) is 29.4 Å². The number of pyridine rings is 1. The molecule has 1 aromatic carbocycles. The molecule has 0 atom stereocenters. The number of benzene rings is 1. The molecule has 0 aliphatic heterocycles. The molecule has 1 N–H and O–H groups in total. The Kier molecular flexibility index (Phi) is 5.90. The van der Waals surface area contributed by atoms with Gasteiger partial charge in [0.1, 0.15) is 6.07 Å². The third-order valence-corrected chi connectivity index (χ3v) is 4.44. The van der Waals surface area contributed by atoms with E-state index < -0.39 is 45.6 Å². The molecule has 3 aromatic rings. The van der Waals surface area contributed by atoms with Gasteiger partial charge in [-0.15, -0.1) is 0 Å². The van der Waals surface area contributed by atoms with E-state index in [-0.39, 0.29) is 17.1 Å². The molecule has 2 heterocycles. The quantitative estimate of drug-likeness (QED) is 0.636. The van der Waals surface area contributed by atoms with Crippen LogP contribution in [0.4, 0.5) is 13.2 Å². The molecule has 0 amide bonds. The van der Waals surface area contributed by atoms with Gasteiger partial charge in [-0.1, -0.05) is 11.6 Å². The summed E-state index contributed by atoms with van der Waals surface area (Å²) in [6.45, 7) is 1.86. The van der Waals surface area contributed by atoms with Crippen molar-refractivity contribution >= 4 is 11.6 Å². The highest BCUT2D eigenvalue weighted by Crippen LogP contribution is 2.35. The zero-order chi connectivity index (χ0) is 22.9. The number of alkyl halides is 2. The summed E-state index contributed by atoms with van der Waals surface area (Å²) in [5, 5.41) is 8.89. The van der Waals surface area contributed by atoms with Crippen molar-refractivity contribution < 1.29 is 17.9 Å². The number of hydrogen-bond acceptors (Lipinski definition) is 5. The Labute approximate surface area is 178 Å². The summed E-state index contributed by atoms with van der Waals surface area (Å²) in [5.74, 6) is -6.44. The van der Waals surface area contributed by atoms with Gasteiger partial charge in [-0.2, -0.15) is 14.0 Å². The van der Waals surface area contributed by atoms with Crippen molar-refractivity contribution in [2.24, 2.45) is 0 Å². The van der Waals surface area contributed by atoms with E-state index >= 15 is 0 Å². The SMILES string of the molecule is Cc1ccc(Cn2cnc(C(C)(F)F)c(Oc3cc(Cl)cc(C#N)c3F)c2=O)c(=O)[nH]1. The topological polar surface area (TPSA) is 101 Å². The first-order valence-electron chi connectivity index (χ1n) is 8.74. The van der Waals surface area contributed by atoms with Crippen LogP contribution in [-0.2, 0) is 12.5 Å². The Balaban J connectivity index is 2.15. The second-order valence-electron chi connectivity index (χ2n) is 6.72. The van der Waals surface area contributed by atoms with Crippen LogP contribution < -0.4 is 15.9 Å². The predicted molar refractivity (Wildman–Crippen MR) is 105 cm³/mol. The average Bonchev–Trinajstić information content (AvgIpc) is 2.68. The lowest BCUT2D eigenvalue weighted by Crippen LogP contribution is -2.29. The van der Waals surface area contributed by atoms with Crippen molar-refractivity contribution in [2.45, 2.75) is 26.3 Å². The van der Waals surface area contributed by atoms with Gasteiger partial charge in [0.05, 0.1) is 18.4 Å². The minimum atomic E-state index is -3.61. The van der Waals surface area contributed by atoms with Crippen LogP contribution in [0.3, 0.4) is 0 Å². The van der Waals surface area contributed by atoms with Crippen molar-refractivity contribution in [3.8, 4) is 17.6 Å². The third-order valence-electron chi connectivity index (χ3n) is 4.23. The Morgan fingerprint density at radius 1 is 1.32 bits per heavy atom. The molecule has 0 unspecified atom stereocenters. The first kappa shape index (κ1) is 22.1. The van der Waals surface area contributed by atoms with Crippen LogP contribution >= 0.6 is 11.6 Å². The molecule has 160 valence electrons. The fourth-order valence-electron chi connectivity index (χ4n) is 2.73. The number of nitrogens with one attached hydrogen (secondary N) is 1. The van der Waals surface area contributed by atoms with E-state index in [0.717, 1.165) is 23.0 Å². The summed E-state index contributed by atoms with van der Waals surface area (Å²) in [4.78, 5) is 31.1. The normalized spacial score (nSPS) is 11.3. The van der Waals surface area contributed by atoms with Gasteiger partial charge in [-0.25, -0.2) is 9.37 Å². The molecule has 0 aliphatic carbocycles.